The highest BCUT2D eigenvalue weighted by Gasteiger charge is 2.43. The van der Waals surface area contributed by atoms with E-state index >= 15 is 0 Å². The molecule has 0 bridgehead atoms. The van der Waals surface area contributed by atoms with Crippen molar-refractivity contribution < 1.29 is 19.1 Å². The molecule has 1 saturated carbocycles. The summed E-state index contributed by atoms with van der Waals surface area (Å²) < 4.78 is 12.3. The molecule has 4 rings (SSSR count). The van der Waals surface area contributed by atoms with E-state index in [9.17, 15) is 14.4 Å². The Hall–Kier alpha value is -2.75. The number of ether oxygens (including phenoxy) is 2. The SMILES string of the molecule is COCCNc1cc(Cl)c(Cl)c(CN(C(=O)[C@H]2CN(C(=O)OC(C)(C)C)CC[C@@H]2c2ccn(C)c(=O)c2)C2CC2)c1. The van der Waals surface area contributed by atoms with Crippen LogP contribution < -0.4 is 10.9 Å². The third-order valence-electron chi connectivity index (χ3n) is 7.49. The van der Waals surface area contributed by atoms with Crippen molar-refractivity contribution in [3.8, 4) is 0 Å². The van der Waals surface area contributed by atoms with Crippen molar-refractivity contribution in [1.29, 1.82) is 0 Å². The van der Waals surface area contributed by atoms with Gasteiger partial charge in [0.1, 0.15) is 5.60 Å². The van der Waals surface area contributed by atoms with Crippen LogP contribution in [0.25, 0.3) is 0 Å². The lowest BCUT2D eigenvalue weighted by Crippen LogP contribution is -2.51. The molecule has 1 saturated heterocycles. The van der Waals surface area contributed by atoms with Gasteiger partial charge in [0.25, 0.3) is 5.56 Å². The Balaban J connectivity index is 1.64. The van der Waals surface area contributed by atoms with Gasteiger partial charge < -0.3 is 29.2 Å². The molecular weight excluding hydrogens is 567 g/mol. The smallest absolute Gasteiger partial charge is 0.410 e. The summed E-state index contributed by atoms with van der Waals surface area (Å²) in [6.07, 6.45) is 3.60. The van der Waals surface area contributed by atoms with E-state index in [2.05, 4.69) is 5.32 Å². The molecule has 11 heteroatoms. The summed E-state index contributed by atoms with van der Waals surface area (Å²) in [6.45, 7) is 7.50. The van der Waals surface area contributed by atoms with Gasteiger partial charge in [0.05, 0.1) is 22.6 Å². The molecule has 1 aliphatic heterocycles. The van der Waals surface area contributed by atoms with Crippen molar-refractivity contribution in [3.05, 3.63) is 62.0 Å². The number of methoxy groups -OCH3 is 1. The van der Waals surface area contributed by atoms with E-state index in [1.165, 1.54) is 4.57 Å². The molecule has 2 aliphatic rings. The minimum absolute atomic E-state index is 0.0728. The fourth-order valence-electron chi connectivity index (χ4n) is 5.22. The first-order chi connectivity index (χ1) is 19.4. The van der Waals surface area contributed by atoms with Gasteiger partial charge >= 0.3 is 6.09 Å². The number of aromatic nitrogens is 1. The van der Waals surface area contributed by atoms with E-state index in [4.69, 9.17) is 32.7 Å². The highest BCUT2D eigenvalue weighted by Crippen LogP contribution is 2.39. The van der Waals surface area contributed by atoms with Gasteiger partial charge in [0.2, 0.25) is 5.91 Å². The van der Waals surface area contributed by atoms with Gasteiger partial charge in [-0.15, -0.1) is 0 Å². The maximum Gasteiger partial charge on any atom is 0.410 e. The Morgan fingerprint density at radius 2 is 1.88 bits per heavy atom. The zero-order chi connectivity index (χ0) is 29.9. The van der Waals surface area contributed by atoms with E-state index in [0.29, 0.717) is 36.2 Å². The molecule has 1 N–H and O–H groups in total. The number of hydrogen-bond acceptors (Lipinski definition) is 6. The maximum atomic E-state index is 14.4. The summed E-state index contributed by atoms with van der Waals surface area (Å²) >= 11 is 13.1. The molecule has 41 heavy (non-hydrogen) atoms. The van der Waals surface area contributed by atoms with Gasteiger partial charge in [-0.3, -0.25) is 9.59 Å². The van der Waals surface area contributed by atoms with Crippen LogP contribution in [0.2, 0.25) is 10.0 Å². The molecule has 2 amide bonds. The monoisotopic (exact) mass is 606 g/mol. The standard InChI is InChI=1S/C30H40Cl2N4O5/c1-30(2,3)41-29(39)35-12-9-23(19-8-11-34(4)26(37)15-19)24(18-35)28(38)36(22-6-7-22)17-20-14-21(33-10-13-40-5)16-25(31)27(20)32/h8,11,14-16,22-24,33H,6-7,9-10,12-13,17-18H2,1-5H3/t23-,24+/m1/s1. The van der Waals surface area contributed by atoms with Gasteiger partial charge in [-0.25, -0.2) is 4.79 Å². The normalized spacial score (nSPS) is 19.1. The molecule has 0 unspecified atom stereocenters. The number of amides is 2. The first kappa shape index (κ1) is 31.2. The average molecular weight is 608 g/mol. The Bertz CT molecular complexity index is 1320. The van der Waals surface area contributed by atoms with E-state index in [1.807, 2.05) is 37.8 Å². The van der Waals surface area contributed by atoms with Crippen molar-refractivity contribution >= 4 is 40.9 Å². The summed E-state index contributed by atoms with van der Waals surface area (Å²) in [4.78, 5) is 43.5. The molecule has 9 nitrogen and oxygen atoms in total. The van der Waals surface area contributed by atoms with Crippen LogP contribution in [0.5, 0.6) is 0 Å². The number of nitrogens with zero attached hydrogens (tertiary/aromatic N) is 3. The zero-order valence-electron chi connectivity index (χ0n) is 24.4. The largest absolute Gasteiger partial charge is 0.444 e. The molecular formula is C30H40Cl2N4O5. The van der Waals surface area contributed by atoms with Crippen molar-refractivity contribution in [2.75, 3.05) is 38.7 Å². The summed E-state index contributed by atoms with van der Waals surface area (Å²) in [7, 11) is 3.33. The van der Waals surface area contributed by atoms with Crippen LogP contribution in [0.4, 0.5) is 10.5 Å². The first-order valence-corrected chi connectivity index (χ1v) is 14.8. The number of hydrogen-bond donors (Lipinski definition) is 1. The number of halogens is 2. The van der Waals surface area contributed by atoms with Crippen LogP contribution in [-0.2, 0) is 27.9 Å². The van der Waals surface area contributed by atoms with E-state index in [0.717, 1.165) is 29.7 Å². The van der Waals surface area contributed by atoms with Crippen LogP contribution in [-0.4, -0.2) is 71.4 Å². The van der Waals surface area contributed by atoms with Gasteiger partial charge in [0.15, 0.2) is 0 Å². The Morgan fingerprint density at radius 1 is 1.15 bits per heavy atom. The second-order valence-corrected chi connectivity index (χ2v) is 12.7. The minimum atomic E-state index is -0.655. The third-order valence-corrected chi connectivity index (χ3v) is 8.33. The Kier molecular flexibility index (Phi) is 9.93. The van der Waals surface area contributed by atoms with Crippen LogP contribution in [0.15, 0.2) is 35.3 Å². The minimum Gasteiger partial charge on any atom is -0.444 e. The molecule has 2 fully saturated rings. The van der Waals surface area contributed by atoms with Crippen LogP contribution in [0.1, 0.15) is 57.1 Å². The average Bonchev–Trinajstić information content (AvgIpc) is 3.75. The van der Waals surface area contributed by atoms with E-state index < -0.39 is 17.6 Å². The quantitative estimate of drug-likeness (QED) is 0.390. The van der Waals surface area contributed by atoms with Gasteiger partial charge in [0, 0.05) is 64.3 Å². The lowest BCUT2D eigenvalue weighted by molar-refractivity contribution is -0.139. The highest BCUT2D eigenvalue weighted by atomic mass is 35.5. The van der Waals surface area contributed by atoms with Crippen molar-refractivity contribution in [3.63, 3.8) is 0 Å². The molecule has 2 aromatic rings. The summed E-state index contributed by atoms with van der Waals surface area (Å²) in [5.41, 5.74) is 1.54. The van der Waals surface area contributed by atoms with E-state index in [-0.39, 0.29) is 36.5 Å². The topological polar surface area (TPSA) is 93.1 Å². The van der Waals surface area contributed by atoms with Crippen molar-refractivity contribution in [2.24, 2.45) is 13.0 Å². The van der Waals surface area contributed by atoms with Crippen LogP contribution in [0, 0.1) is 5.92 Å². The molecule has 1 aliphatic carbocycles. The first-order valence-electron chi connectivity index (χ1n) is 14.0. The molecule has 1 aromatic heterocycles. The Morgan fingerprint density at radius 3 is 2.51 bits per heavy atom. The van der Waals surface area contributed by atoms with Gasteiger partial charge in [-0.05, 0) is 75.3 Å². The lowest BCUT2D eigenvalue weighted by atomic mass is 9.79. The number of likely N-dealkylation sites (tertiary alicyclic amines) is 1. The number of benzene rings is 1. The highest BCUT2D eigenvalue weighted by molar-refractivity contribution is 6.42. The zero-order valence-corrected chi connectivity index (χ0v) is 25.9. The predicted molar refractivity (Wildman–Crippen MR) is 161 cm³/mol. The number of carbonyl (C=O) groups is 2. The fourth-order valence-corrected chi connectivity index (χ4v) is 5.63. The number of carbonyl (C=O) groups excluding carboxylic acids is 2. The molecule has 1 aromatic carbocycles. The predicted octanol–water partition coefficient (Wildman–Crippen LogP) is 5.28. The molecule has 2 atom stereocenters. The number of aryl methyl sites for hydroxylation is 1. The van der Waals surface area contributed by atoms with E-state index in [1.54, 1.807) is 37.4 Å². The number of anilines is 1. The number of pyridine rings is 1. The molecule has 224 valence electrons. The second-order valence-electron chi connectivity index (χ2n) is 11.9. The molecule has 0 radical (unpaired) electrons. The van der Waals surface area contributed by atoms with Crippen LogP contribution in [0.3, 0.4) is 0 Å². The summed E-state index contributed by atoms with van der Waals surface area (Å²) in [6, 6.07) is 7.24. The number of nitrogens with one attached hydrogen (secondary N) is 1. The third kappa shape index (κ3) is 7.96. The number of piperidine rings is 1. The van der Waals surface area contributed by atoms with Gasteiger partial charge in [-0.2, -0.15) is 0 Å². The molecule has 2 heterocycles. The fraction of sp³-hybridized carbons (Fsp3) is 0.567. The van der Waals surface area contributed by atoms with Crippen LogP contribution >= 0.6 is 23.2 Å². The van der Waals surface area contributed by atoms with Crippen molar-refractivity contribution in [1.82, 2.24) is 14.4 Å². The summed E-state index contributed by atoms with van der Waals surface area (Å²) in [5, 5.41) is 4.09. The second kappa shape index (κ2) is 13.0. The molecule has 0 spiro atoms. The number of rotatable bonds is 9. The van der Waals surface area contributed by atoms with Gasteiger partial charge in [-0.1, -0.05) is 23.2 Å². The Labute approximate surface area is 251 Å². The lowest BCUT2D eigenvalue weighted by Gasteiger charge is -2.40. The van der Waals surface area contributed by atoms with Crippen molar-refractivity contribution in [2.45, 2.75) is 64.1 Å². The maximum absolute atomic E-state index is 14.4. The summed E-state index contributed by atoms with van der Waals surface area (Å²) in [5.74, 6) is -0.852.